The number of ether oxygens (including phenoxy) is 1. The molecule has 0 bridgehead atoms. The third kappa shape index (κ3) is 4.71. The van der Waals surface area contributed by atoms with Crippen LogP contribution in [0.3, 0.4) is 0 Å². The van der Waals surface area contributed by atoms with E-state index in [9.17, 15) is 18.0 Å². The lowest BCUT2D eigenvalue weighted by Crippen LogP contribution is -2.42. The van der Waals surface area contributed by atoms with Gasteiger partial charge in [0.05, 0.1) is 0 Å². The minimum atomic E-state index is -4.54. The quantitative estimate of drug-likeness (QED) is 0.797. The Hall–Kier alpha value is -2.84. The molecule has 28 heavy (non-hydrogen) atoms. The highest BCUT2D eigenvalue weighted by Gasteiger charge is 2.33. The maximum atomic E-state index is 12.7. The summed E-state index contributed by atoms with van der Waals surface area (Å²) in [6.07, 6.45) is -2.84. The lowest BCUT2D eigenvalue weighted by Gasteiger charge is -2.31. The molecule has 1 aromatic heterocycles. The van der Waals surface area contributed by atoms with Crippen LogP contribution in [0.2, 0.25) is 0 Å². The number of hydrogen-bond acceptors (Lipinski definition) is 5. The number of anilines is 1. The van der Waals surface area contributed by atoms with Gasteiger partial charge in [0.15, 0.2) is 5.69 Å². The van der Waals surface area contributed by atoms with Crippen molar-refractivity contribution in [2.75, 3.05) is 32.1 Å². The molecule has 0 aliphatic carbocycles. The van der Waals surface area contributed by atoms with Gasteiger partial charge < -0.3 is 14.5 Å². The van der Waals surface area contributed by atoms with Crippen molar-refractivity contribution in [3.05, 3.63) is 47.8 Å². The Labute approximate surface area is 160 Å². The van der Waals surface area contributed by atoms with E-state index in [1.54, 1.807) is 17.0 Å². The number of alkyl halides is 3. The molecule has 1 saturated heterocycles. The molecule has 6 nitrogen and oxygen atoms in total. The van der Waals surface area contributed by atoms with Gasteiger partial charge in [0, 0.05) is 57.5 Å². The molecule has 1 fully saturated rings. The van der Waals surface area contributed by atoms with E-state index in [4.69, 9.17) is 4.74 Å². The molecule has 0 atom stereocenters. The number of aromatic nitrogens is 2. The topological polar surface area (TPSA) is 58.6 Å². The van der Waals surface area contributed by atoms with Crippen LogP contribution < -0.4 is 9.64 Å². The molecule has 1 aromatic carbocycles. The van der Waals surface area contributed by atoms with E-state index in [2.05, 4.69) is 9.97 Å². The maximum absolute atomic E-state index is 12.7. The van der Waals surface area contributed by atoms with Crippen LogP contribution in [-0.2, 0) is 6.18 Å². The summed E-state index contributed by atoms with van der Waals surface area (Å²) in [5, 5.41) is 0. The lowest BCUT2D eigenvalue weighted by molar-refractivity contribution is -0.141. The third-order valence-electron chi connectivity index (χ3n) is 4.56. The van der Waals surface area contributed by atoms with Gasteiger partial charge in [0.25, 0.3) is 5.91 Å². The fraction of sp³-hybridized carbons (Fsp3) is 0.421. The SMILES string of the molecule is CN(C)c1ccc(C(=O)N2CCC(Oc3nccc(C(F)(F)F)n3)CC2)cc1. The van der Waals surface area contributed by atoms with Gasteiger partial charge in [0.1, 0.15) is 6.10 Å². The summed E-state index contributed by atoms with van der Waals surface area (Å²) in [5.74, 6) is -0.0703. The Morgan fingerprint density at radius 2 is 1.79 bits per heavy atom. The number of benzene rings is 1. The standard InChI is InChI=1S/C19H21F3N4O2/c1-25(2)14-5-3-13(4-6-14)17(27)26-11-8-15(9-12-26)28-18-23-10-7-16(24-18)19(20,21)22/h3-7,10,15H,8-9,11-12H2,1-2H3. The van der Waals surface area contributed by atoms with Gasteiger partial charge in [-0.25, -0.2) is 4.98 Å². The van der Waals surface area contributed by atoms with Gasteiger partial charge in [-0.2, -0.15) is 18.2 Å². The van der Waals surface area contributed by atoms with Crippen LogP contribution in [0.5, 0.6) is 6.01 Å². The number of carbonyl (C=O) groups excluding carboxylic acids is 1. The molecule has 0 radical (unpaired) electrons. The molecule has 0 spiro atoms. The molecule has 2 aromatic rings. The largest absolute Gasteiger partial charge is 0.460 e. The second-order valence-electron chi connectivity index (χ2n) is 6.77. The molecule has 0 saturated carbocycles. The zero-order chi connectivity index (χ0) is 20.3. The zero-order valence-electron chi connectivity index (χ0n) is 15.6. The first kappa shape index (κ1) is 19.9. The van der Waals surface area contributed by atoms with Crippen LogP contribution in [-0.4, -0.2) is 54.1 Å². The monoisotopic (exact) mass is 394 g/mol. The number of likely N-dealkylation sites (tertiary alicyclic amines) is 1. The summed E-state index contributed by atoms with van der Waals surface area (Å²) in [5.41, 5.74) is 0.571. The second-order valence-corrected chi connectivity index (χ2v) is 6.77. The fourth-order valence-electron chi connectivity index (χ4n) is 2.97. The second kappa shape index (κ2) is 8.04. The minimum absolute atomic E-state index is 0.0703. The highest BCUT2D eigenvalue weighted by atomic mass is 19.4. The number of carbonyl (C=O) groups is 1. The van der Waals surface area contributed by atoms with Gasteiger partial charge in [-0.1, -0.05) is 0 Å². The summed E-state index contributed by atoms with van der Waals surface area (Å²) in [6, 6.07) is 7.85. The lowest BCUT2D eigenvalue weighted by atomic mass is 10.1. The Morgan fingerprint density at radius 1 is 1.14 bits per heavy atom. The predicted octanol–water partition coefficient (Wildman–Crippen LogP) is 3.25. The highest BCUT2D eigenvalue weighted by Crippen LogP contribution is 2.28. The fourth-order valence-corrected chi connectivity index (χ4v) is 2.97. The Bertz CT molecular complexity index is 817. The van der Waals surface area contributed by atoms with Gasteiger partial charge >= 0.3 is 12.2 Å². The van der Waals surface area contributed by atoms with Gasteiger partial charge in [-0.15, -0.1) is 0 Å². The zero-order valence-corrected chi connectivity index (χ0v) is 15.6. The van der Waals surface area contributed by atoms with Crippen molar-refractivity contribution >= 4 is 11.6 Å². The van der Waals surface area contributed by atoms with Crippen molar-refractivity contribution in [1.29, 1.82) is 0 Å². The van der Waals surface area contributed by atoms with Crippen molar-refractivity contribution in [2.24, 2.45) is 0 Å². The summed E-state index contributed by atoms with van der Waals surface area (Å²) < 4.78 is 43.7. The molecule has 1 aliphatic rings. The predicted molar refractivity (Wildman–Crippen MR) is 97.4 cm³/mol. The molecule has 0 N–H and O–H groups in total. The van der Waals surface area contributed by atoms with Gasteiger partial charge in [-0.05, 0) is 30.3 Å². The summed E-state index contributed by atoms with van der Waals surface area (Å²) in [6.45, 7) is 0.912. The van der Waals surface area contributed by atoms with E-state index in [1.165, 1.54) is 0 Å². The number of halogens is 3. The number of nitrogens with zero attached hydrogens (tertiary/aromatic N) is 4. The molecule has 1 amide bonds. The summed E-state index contributed by atoms with van der Waals surface area (Å²) in [7, 11) is 3.85. The smallest absolute Gasteiger partial charge is 0.433 e. The van der Waals surface area contributed by atoms with E-state index in [0.29, 0.717) is 31.5 Å². The molecule has 0 unspecified atom stereocenters. The maximum Gasteiger partial charge on any atom is 0.433 e. The first-order valence-electron chi connectivity index (χ1n) is 8.87. The van der Waals surface area contributed by atoms with Crippen LogP contribution in [0, 0.1) is 0 Å². The molecule has 1 aliphatic heterocycles. The molecule has 3 rings (SSSR count). The molecular formula is C19H21F3N4O2. The Kier molecular flexibility index (Phi) is 5.71. The first-order chi connectivity index (χ1) is 13.2. The van der Waals surface area contributed by atoms with Crippen LogP contribution >= 0.6 is 0 Å². The number of piperidine rings is 1. The van der Waals surface area contributed by atoms with Crippen molar-refractivity contribution in [3.63, 3.8) is 0 Å². The third-order valence-corrected chi connectivity index (χ3v) is 4.56. The molecule has 9 heteroatoms. The molecular weight excluding hydrogens is 373 g/mol. The van der Waals surface area contributed by atoms with Crippen molar-refractivity contribution < 1.29 is 22.7 Å². The molecule has 150 valence electrons. The minimum Gasteiger partial charge on any atom is -0.460 e. The van der Waals surface area contributed by atoms with Crippen LogP contribution in [0.1, 0.15) is 28.9 Å². The summed E-state index contributed by atoms with van der Waals surface area (Å²) in [4.78, 5) is 23.5. The Balaban J connectivity index is 1.56. The number of rotatable bonds is 4. The normalized spacial score (nSPS) is 15.4. The average Bonchev–Trinajstić information content (AvgIpc) is 2.68. The van der Waals surface area contributed by atoms with Crippen LogP contribution in [0.25, 0.3) is 0 Å². The van der Waals surface area contributed by atoms with E-state index in [-0.39, 0.29) is 18.0 Å². The summed E-state index contributed by atoms with van der Waals surface area (Å²) >= 11 is 0. The highest BCUT2D eigenvalue weighted by molar-refractivity contribution is 5.94. The van der Waals surface area contributed by atoms with Crippen molar-refractivity contribution in [3.8, 4) is 6.01 Å². The number of amides is 1. The van der Waals surface area contributed by atoms with Crippen LogP contribution in [0.15, 0.2) is 36.5 Å². The number of hydrogen-bond donors (Lipinski definition) is 0. The van der Waals surface area contributed by atoms with Gasteiger partial charge in [-0.3, -0.25) is 4.79 Å². The van der Waals surface area contributed by atoms with E-state index >= 15 is 0 Å². The van der Waals surface area contributed by atoms with Crippen molar-refractivity contribution in [1.82, 2.24) is 14.9 Å². The van der Waals surface area contributed by atoms with Crippen LogP contribution in [0.4, 0.5) is 18.9 Å². The van der Waals surface area contributed by atoms with E-state index < -0.39 is 11.9 Å². The van der Waals surface area contributed by atoms with E-state index in [0.717, 1.165) is 18.0 Å². The average molecular weight is 394 g/mol. The van der Waals surface area contributed by atoms with Gasteiger partial charge in [0.2, 0.25) is 0 Å². The molecule has 2 heterocycles. The Morgan fingerprint density at radius 3 is 2.36 bits per heavy atom. The van der Waals surface area contributed by atoms with Crippen molar-refractivity contribution in [2.45, 2.75) is 25.1 Å². The van der Waals surface area contributed by atoms with E-state index in [1.807, 2.05) is 31.1 Å². The first-order valence-corrected chi connectivity index (χ1v) is 8.87.